The topological polar surface area (TPSA) is 18.5 Å². The Morgan fingerprint density at radius 3 is 2.46 bits per heavy atom. The van der Waals surface area contributed by atoms with E-state index in [2.05, 4.69) is 13.8 Å². The van der Waals surface area contributed by atoms with Gasteiger partial charge in [-0.3, -0.25) is 0 Å². The minimum Gasteiger partial charge on any atom is -0.350 e. The third-order valence-electron chi connectivity index (χ3n) is 2.74. The van der Waals surface area contributed by atoms with Crippen LogP contribution in [0.25, 0.3) is 0 Å². The molecular weight excluding hydrogens is 241 g/mol. The van der Waals surface area contributed by atoms with Crippen LogP contribution in [-0.4, -0.2) is 19.0 Å². The Hall–Kier alpha value is 1.02. The van der Waals surface area contributed by atoms with Gasteiger partial charge >= 0.3 is 0 Å². The van der Waals surface area contributed by atoms with Crippen molar-refractivity contribution in [3.8, 4) is 0 Å². The summed E-state index contributed by atoms with van der Waals surface area (Å²) in [5.41, 5.74) is 0. The molecule has 0 aromatic carbocycles. The van der Waals surface area contributed by atoms with E-state index in [0.29, 0.717) is 0 Å². The molecule has 13 heavy (non-hydrogen) atoms. The first-order valence-corrected chi connectivity index (χ1v) is 4.79. The maximum Gasteiger partial charge on any atom is 0.142 e. The number of ether oxygens (including phenoxy) is 2. The average Bonchev–Trinajstić information content (AvgIpc) is 2.33. The van der Waals surface area contributed by atoms with Crippen LogP contribution in [0.3, 0.4) is 0 Å². The fourth-order valence-corrected chi connectivity index (χ4v) is 2.52. The molecule has 73 valence electrons. The molecule has 0 aromatic heterocycles. The van der Waals surface area contributed by atoms with Crippen LogP contribution >= 0.6 is 0 Å². The molecule has 1 aliphatic heterocycles. The Balaban J connectivity index is 0.000000845. The molecule has 0 N–H and O–H groups in total. The van der Waals surface area contributed by atoms with Gasteiger partial charge < -0.3 is 15.4 Å². The van der Waals surface area contributed by atoms with Crippen molar-refractivity contribution in [3.63, 3.8) is 0 Å². The van der Waals surface area contributed by atoms with Crippen LogP contribution in [0.5, 0.6) is 0 Å². The Bertz CT molecular complexity index is 154. The zero-order valence-corrected chi connectivity index (χ0v) is 11.3. The van der Waals surface area contributed by atoms with Gasteiger partial charge in [-0.25, -0.2) is 0 Å². The summed E-state index contributed by atoms with van der Waals surface area (Å²) in [6, 6.07) is 0. The Labute approximate surface area is 106 Å². The van der Waals surface area contributed by atoms with E-state index in [1.807, 2.05) is 0 Å². The summed E-state index contributed by atoms with van der Waals surface area (Å²) in [6.45, 7) is 6.04. The van der Waals surface area contributed by atoms with Crippen LogP contribution in [-0.2, 0) is 42.2 Å². The van der Waals surface area contributed by atoms with Gasteiger partial charge in [0.15, 0.2) is 0 Å². The SMILES string of the molecule is C[C-]1CC(C)CC2(C1)OCCO2.[Y]. The third-order valence-corrected chi connectivity index (χ3v) is 2.74. The van der Waals surface area contributed by atoms with Crippen molar-refractivity contribution in [1.29, 1.82) is 0 Å². The maximum atomic E-state index is 5.68. The molecule has 1 radical (unpaired) electrons. The first kappa shape index (κ1) is 12.1. The largest absolute Gasteiger partial charge is 0.350 e. The van der Waals surface area contributed by atoms with Gasteiger partial charge in [0.1, 0.15) is 5.79 Å². The molecule has 1 saturated carbocycles. The number of hydrogen-bond acceptors (Lipinski definition) is 2. The Morgan fingerprint density at radius 2 is 1.92 bits per heavy atom. The molecule has 2 fully saturated rings. The van der Waals surface area contributed by atoms with Crippen molar-refractivity contribution >= 4 is 0 Å². The molecule has 0 aromatic rings. The second kappa shape index (κ2) is 4.70. The van der Waals surface area contributed by atoms with E-state index in [4.69, 9.17) is 9.47 Å². The van der Waals surface area contributed by atoms with E-state index < -0.39 is 0 Å². The summed E-state index contributed by atoms with van der Waals surface area (Å²) in [4.78, 5) is 0. The summed E-state index contributed by atoms with van der Waals surface area (Å²) in [6.07, 6.45) is 3.33. The predicted octanol–water partition coefficient (Wildman–Crippen LogP) is 2.14. The quantitative estimate of drug-likeness (QED) is 0.620. The van der Waals surface area contributed by atoms with E-state index in [-0.39, 0.29) is 38.5 Å². The fraction of sp³-hybridized carbons (Fsp3) is 0.900. The maximum absolute atomic E-state index is 5.68. The van der Waals surface area contributed by atoms with Gasteiger partial charge in [-0.05, 0) is 6.42 Å². The van der Waals surface area contributed by atoms with Crippen LogP contribution in [0.4, 0.5) is 0 Å². The Morgan fingerprint density at radius 1 is 1.31 bits per heavy atom. The van der Waals surface area contributed by atoms with Crippen molar-refractivity contribution < 1.29 is 42.2 Å². The van der Waals surface area contributed by atoms with Gasteiger partial charge in [0.2, 0.25) is 0 Å². The zero-order valence-electron chi connectivity index (χ0n) is 8.51. The van der Waals surface area contributed by atoms with Crippen molar-refractivity contribution in [1.82, 2.24) is 0 Å². The molecule has 1 saturated heterocycles. The normalized spacial score (nSPS) is 33.2. The molecular formula is C10H17O2Y-. The van der Waals surface area contributed by atoms with Crippen molar-refractivity contribution in [2.75, 3.05) is 13.2 Å². The zero-order chi connectivity index (χ0) is 8.60. The van der Waals surface area contributed by atoms with E-state index in [9.17, 15) is 0 Å². The van der Waals surface area contributed by atoms with Gasteiger partial charge in [0.05, 0.1) is 13.2 Å². The smallest absolute Gasteiger partial charge is 0.142 e. The van der Waals surface area contributed by atoms with Crippen molar-refractivity contribution in [3.05, 3.63) is 5.92 Å². The molecule has 3 heteroatoms. The van der Waals surface area contributed by atoms with E-state index in [0.717, 1.165) is 32.0 Å². The van der Waals surface area contributed by atoms with Gasteiger partial charge in [-0.15, -0.1) is 6.42 Å². The van der Waals surface area contributed by atoms with E-state index >= 15 is 0 Å². The standard InChI is InChI=1S/C10H17O2.Y/c1-8-5-9(2)7-10(6-8)11-3-4-12-10;/h8H,3-7H2,1-2H3;/q-1;. The number of rotatable bonds is 0. The van der Waals surface area contributed by atoms with Gasteiger partial charge in [0.25, 0.3) is 0 Å². The molecule has 1 heterocycles. The summed E-state index contributed by atoms with van der Waals surface area (Å²) in [5.74, 6) is 2.02. The van der Waals surface area contributed by atoms with Crippen LogP contribution < -0.4 is 0 Å². The first-order valence-electron chi connectivity index (χ1n) is 4.79. The minimum absolute atomic E-state index is 0. The molecule has 2 nitrogen and oxygen atoms in total. The Kier molecular flexibility index (Phi) is 4.37. The second-order valence-electron chi connectivity index (χ2n) is 4.25. The number of hydrogen-bond donors (Lipinski definition) is 0. The molecule has 0 amide bonds. The average molecular weight is 258 g/mol. The molecule has 2 rings (SSSR count). The molecule has 1 unspecified atom stereocenters. The fourth-order valence-electron chi connectivity index (χ4n) is 2.52. The molecule has 1 spiro atoms. The summed E-state index contributed by atoms with van der Waals surface area (Å²) < 4.78 is 11.4. The monoisotopic (exact) mass is 258 g/mol. The molecule has 1 aliphatic carbocycles. The summed E-state index contributed by atoms with van der Waals surface area (Å²) in [5, 5.41) is 0. The van der Waals surface area contributed by atoms with Crippen molar-refractivity contribution in [2.45, 2.75) is 38.9 Å². The van der Waals surface area contributed by atoms with Gasteiger partial charge in [0, 0.05) is 32.7 Å². The summed E-state index contributed by atoms with van der Waals surface area (Å²) in [7, 11) is 0. The second-order valence-corrected chi connectivity index (χ2v) is 4.25. The predicted molar refractivity (Wildman–Crippen MR) is 46.6 cm³/mol. The molecule has 2 aliphatic rings. The van der Waals surface area contributed by atoms with Gasteiger partial charge in [-0.2, -0.15) is 13.3 Å². The van der Waals surface area contributed by atoms with E-state index in [1.54, 1.807) is 0 Å². The molecule has 1 atom stereocenters. The van der Waals surface area contributed by atoms with Crippen LogP contribution in [0.15, 0.2) is 0 Å². The minimum atomic E-state index is -0.220. The van der Waals surface area contributed by atoms with Crippen LogP contribution in [0, 0.1) is 11.8 Å². The van der Waals surface area contributed by atoms with Crippen molar-refractivity contribution in [2.24, 2.45) is 5.92 Å². The first-order chi connectivity index (χ1) is 5.70. The van der Waals surface area contributed by atoms with Gasteiger partial charge in [-0.1, -0.05) is 12.8 Å². The van der Waals surface area contributed by atoms with Crippen LogP contribution in [0.1, 0.15) is 33.1 Å². The van der Waals surface area contributed by atoms with Crippen LogP contribution in [0.2, 0.25) is 0 Å². The van der Waals surface area contributed by atoms with E-state index in [1.165, 1.54) is 12.3 Å². The summed E-state index contributed by atoms with van der Waals surface area (Å²) >= 11 is 0. The molecule has 0 bridgehead atoms. The third kappa shape index (κ3) is 2.74.